The van der Waals surface area contributed by atoms with E-state index in [1.54, 1.807) is 19.6 Å². The molecule has 5 heteroatoms. The Kier molecular flexibility index (Phi) is 2.89. The van der Waals surface area contributed by atoms with Crippen LogP contribution >= 0.6 is 0 Å². The molecule has 0 unspecified atom stereocenters. The Bertz CT molecular complexity index is 926. The number of ether oxygens (including phenoxy) is 1. The number of nitrogens with zero attached hydrogens (tertiary/aromatic N) is 2. The average Bonchev–Trinajstić information content (AvgIpc) is 3.23. The molecule has 0 amide bonds. The van der Waals surface area contributed by atoms with E-state index < -0.39 is 0 Å². The predicted octanol–water partition coefficient (Wildman–Crippen LogP) is 3.89. The van der Waals surface area contributed by atoms with Crippen molar-refractivity contribution >= 4 is 11.2 Å². The molecule has 0 radical (unpaired) electrons. The van der Waals surface area contributed by atoms with Crippen LogP contribution in [0, 0.1) is 0 Å². The van der Waals surface area contributed by atoms with E-state index >= 15 is 0 Å². The SMILES string of the molecule is COc1cccc(-c2nc3ncc(-c4ccco4)cc3[nH]2)c1. The monoisotopic (exact) mass is 291 g/mol. The molecule has 1 N–H and O–H groups in total. The maximum absolute atomic E-state index is 5.40. The third kappa shape index (κ3) is 2.13. The van der Waals surface area contributed by atoms with Crippen molar-refractivity contribution in [2.75, 3.05) is 7.11 Å². The van der Waals surface area contributed by atoms with Gasteiger partial charge in [-0.25, -0.2) is 9.97 Å². The lowest BCUT2D eigenvalue weighted by molar-refractivity contribution is 0.415. The van der Waals surface area contributed by atoms with Crippen LogP contribution in [0.1, 0.15) is 0 Å². The second-order valence-corrected chi connectivity index (χ2v) is 4.89. The van der Waals surface area contributed by atoms with Crippen LogP contribution in [0.4, 0.5) is 0 Å². The Labute approximate surface area is 126 Å². The van der Waals surface area contributed by atoms with Crippen LogP contribution < -0.4 is 4.74 Å². The standard InChI is InChI=1S/C17H13N3O2/c1-21-13-5-2-4-11(8-13)16-19-14-9-12(10-18-17(14)20-16)15-6-3-7-22-15/h2-10H,1H3,(H,18,19,20). The van der Waals surface area contributed by atoms with Gasteiger partial charge in [-0.2, -0.15) is 0 Å². The molecule has 0 atom stereocenters. The molecule has 0 spiro atoms. The zero-order chi connectivity index (χ0) is 14.9. The van der Waals surface area contributed by atoms with Crippen LogP contribution in [-0.2, 0) is 0 Å². The number of aromatic amines is 1. The summed E-state index contributed by atoms with van der Waals surface area (Å²) in [6, 6.07) is 13.5. The van der Waals surface area contributed by atoms with Crippen LogP contribution in [-0.4, -0.2) is 22.1 Å². The number of nitrogens with one attached hydrogen (secondary N) is 1. The number of rotatable bonds is 3. The summed E-state index contributed by atoms with van der Waals surface area (Å²) in [6.45, 7) is 0. The predicted molar refractivity (Wildman–Crippen MR) is 83.6 cm³/mol. The Balaban J connectivity index is 1.80. The van der Waals surface area contributed by atoms with Gasteiger partial charge in [-0.15, -0.1) is 0 Å². The highest BCUT2D eigenvalue weighted by atomic mass is 16.5. The maximum atomic E-state index is 5.40. The summed E-state index contributed by atoms with van der Waals surface area (Å²) < 4.78 is 10.6. The highest BCUT2D eigenvalue weighted by Crippen LogP contribution is 2.26. The smallest absolute Gasteiger partial charge is 0.178 e. The van der Waals surface area contributed by atoms with Crippen molar-refractivity contribution in [1.82, 2.24) is 15.0 Å². The first-order chi connectivity index (χ1) is 10.8. The number of fused-ring (bicyclic) bond motifs is 1. The lowest BCUT2D eigenvalue weighted by Gasteiger charge is -2.01. The Hall–Kier alpha value is -3.08. The van der Waals surface area contributed by atoms with Crippen molar-refractivity contribution in [3.05, 3.63) is 54.9 Å². The topological polar surface area (TPSA) is 63.9 Å². The highest BCUT2D eigenvalue weighted by molar-refractivity contribution is 5.80. The van der Waals surface area contributed by atoms with Gasteiger partial charge in [-0.1, -0.05) is 12.1 Å². The molecule has 22 heavy (non-hydrogen) atoms. The molecular formula is C17H13N3O2. The molecule has 3 aromatic heterocycles. The van der Waals surface area contributed by atoms with Crippen LogP contribution in [0.3, 0.4) is 0 Å². The molecule has 0 saturated heterocycles. The van der Waals surface area contributed by atoms with E-state index in [0.29, 0.717) is 5.65 Å². The number of aromatic nitrogens is 3. The van der Waals surface area contributed by atoms with Gasteiger partial charge < -0.3 is 14.1 Å². The van der Waals surface area contributed by atoms with Crippen molar-refractivity contribution < 1.29 is 9.15 Å². The van der Waals surface area contributed by atoms with E-state index in [-0.39, 0.29) is 0 Å². The van der Waals surface area contributed by atoms with Crippen molar-refractivity contribution in [2.45, 2.75) is 0 Å². The molecule has 4 rings (SSSR count). The van der Waals surface area contributed by atoms with Crippen molar-refractivity contribution in [3.8, 4) is 28.5 Å². The minimum Gasteiger partial charge on any atom is -0.497 e. The van der Waals surface area contributed by atoms with Crippen LogP contribution in [0.5, 0.6) is 5.75 Å². The molecule has 108 valence electrons. The third-order valence-electron chi connectivity index (χ3n) is 3.49. The lowest BCUT2D eigenvalue weighted by Crippen LogP contribution is -1.84. The van der Waals surface area contributed by atoms with Crippen LogP contribution in [0.15, 0.2) is 59.3 Å². The van der Waals surface area contributed by atoms with Crippen LogP contribution in [0.25, 0.3) is 33.9 Å². The average molecular weight is 291 g/mol. The van der Waals surface area contributed by atoms with Gasteiger partial charge in [0, 0.05) is 17.3 Å². The normalized spacial score (nSPS) is 11.0. The maximum Gasteiger partial charge on any atom is 0.178 e. The van der Waals surface area contributed by atoms with Crippen molar-refractivity contribution in [2.24, 2.45) is 0 Å². The summed E-state index contributed by atoms with van der Waals surface area (Å²) >= 11 is 0. The Morgan fingerprint density at radius 3 is 2.86 bits per heavy atom. The molecule has 0 saturated carbocycles. The van der Waals surface area contributed by atoms with Gasteiger partial charge >= 0.3 is 0 Å². The van der Waals surface area contributed by atoms with Gasteiger partial charge in [-0.05, 0) is 30.3 Å². The zero-order valence-electron chi connectivity index (χ0n) is 11.9. The number of methoxy groups -OCH3 is 1. The number of H-pyrrole nitrogens is 1. The minimum absolute atomic E-state index is 0.674. The van der Waals surface area contributed by atoms with E-state index in [4.69, 9.17) is 9.15 Å². The van der Waals surface area contributed by atoms with Gasteiger partial charge in [0.05, 0.1) is 18.9 Å². The lowest BCUT2D eigenvalue weighted by atomic mass is 10.2. The van der Waals surface area contributed by atoms with Crippen LogP contribution in [0.2, 0.25) is 0 Å². The molecule has 4 aromatic rings. The summed E-state index contributed by atoms with van der Waals surface area (Å²) in [4.78, 5) is 12.2. The fourth-order valence-corrected chi connectivity index (χ4v) is 2.38. The van der Waals surface area contributed by atoms with E-state index in [1.165, 1.54) is 0 Å². The molecule has 1 aromatic carbocycles. The Morgan fingerprint density at radius 2 is 2.05 bits per heavy atom. The number of imidazole rings is 1. The number of benzene rings is 1. The summed E-state index contributed by atoms with van der Waals surface area (Å²) in [5.41, 5.74) is 3.41. The summed E-state index contributed by atoms with van der Waals surface area (Å²) in [5, 5.41) is 0. The second-order valence-electron chi connectivity index (χ2n) is 4.89. The van der Waals surface area contributed by atoms with Gasteiger partial charge in [-0.3, -0.25) is 0 Å². The first-order valence-electron chi connectivity index (χ1n) is 6.87. The number of hydrogen-bond acceptors (Lipinski definition) is 4. The molecule has 5 nitrogen and oxygen atoms in total. The molecule has 0 fully saturated rings. The van der Waals surface area contributed by atoms with E-state index in [2.05, 4.69) is 15.0 Å². The molecule has 0 aliphatic rings. The minimum atomic E-state index is 0.674. The highest BCUT2D eigenvalue weighted by Gasteiger charge is 2.09. The third-order valence-corrected chi connectivity index (χ3v) is 3.49. The first-order valence-corrected chi connectivity index (χ1v) is 6.87. The van der Waals surface area contributed by atoms with E-state index in [1.807, 2.05) is 42.5 Å². The second kappa shape index (κ2) is 5.04. The molecule has 0 bridgehead atoms. The molecular weight excluding hydrogens is 278 g/mol. The fourth-order valence-electron chi connectivity index (χ4n) is 2.38. The van der Waals surface area contributed by atoms with Crippen molar-refractivity contribution in [3.63, 3.8) is 0 Å². The van der Waals surface area contributed by atoms with Gasteiger partial charge in [0.1, 0.15) is 17.3 Å². The van der Waals surface area contributed by atoms with Gasteiger partial charge in [0.2, 0.25) is 0 Å². The summed E-state index contributed by atoms with van der Waals surface area (Å²) in [7, 11) is 1.65. The fraction of sp³-hybridized carbons (Fsp3) is 0.0588. The Morgan fingerprint density at radius 1 is 1.09 bits per heavy atom. The number of hydrogen-bond donors (Lipinski definition) is 1. The first kappa shape index (κ1) is 12.6. The molecule has 3 heterocycles. The number of pyridine rings is 1. The van der Waals surface area contributed by atoms with Gasteiger partial charge in [0.25, 0.3) is 0 Å². The van der Waals surface area contributed by atoms with E-state index in [0.717, 1.165) is 34.0 Å². The van der Waals surface area contributed by atoms with Crippen molar-refractivity contribution in [1.29, 1.82) is 0 Å². The number of furan rings is 1. The summed E-state index contributed by atoms with van der Waals surface area (Å²) in [5.74, 6) is 2.34. The van der Waals surface area contributed by atoms with Gasteiger partial charge in [0.15, 0.2) is 5.65 Å². The molecule has 0 aliphatic heterocycles. The zero-order valence-corrected chi connectivity index (χ0v) is 11.9. The summed E-state index contributed by atoms with van der Waals surface area (Å²) in [6.07, 6.45) is 3.41. The molecule has 0 aliphatic carbocycles. The quantitative estimate of drug-likeness (QED) is 0.622. The largest absolute Gasteiger partial charge is 0.497 e. The van der Waals surface area contributed by atoms with E-state index in [9.17, 15) is 0 Å².